The molecule has 7 N–H and O–H groups in total. The van der Waals surface area contributed by atoms with Gasteiger partial charge >= 0.3 is 5.97 Å². The van der Waals surface area contributed by atoms with E-state index in [2.05, 4.69) is 5.32 Å². The number of carbonyl (C=O) groups is 4. The number of fused-ring (bicyclic) bond motifs is 3. The largest absolute Gasteiger partial charge is 0.510 e. The standard InChI is InChI=1S/C36H43N3O10/c1-7-49-35(46)28(16(2)3)38-15-17-8-11-24(48-6)20(12-17)19-9-10-23(40)26-21(19)13-18-14-22-29(39(4)5)31(42)27(34(37)45)33(44)36(22,47)32(43)25(18)30(26)41/h8-12,16,18,22,28-29,38,40,42-43,47H,7,13-15H2,1-6H3,(H2,37,45)/t18-,22-,28?,29?,36-/m0/s1. The molecule has 0 heterocycles. The SMILES string of the molecule is CCOC(=O)C(NCc1ccc(OC)c(-c2ccc(O)c3c2C[C@H]2C[C@H]4C(N(C)C)C(O)=C(C(N)=O)C(=O)[C@@]4(O)C(O)=C2C3=O)c1)C(C)C. The lowest BCUT2D eigenvalue weighted by Gasteiger charge is -2.50. The molecule has 262 valence electrons. The lowest BCUT2D eigenvalue weighted by molar-refractivity contribution is -0.148. The minimum atomic E-state index is -2.72. The molecule has 0 fully saturated rings. The van der Waals surface area contributed by atoms with Crippen molar-refractivity contribution in [3.63, 3.8) is 0 Å². The molecule has 2 aromatic carbocycles. The van der Waals surface area contributed by atoms with Crippen LogP contribution in [0, 0.1) is 17.8 Å². The van der Waals surface area contributed by atoms with Gasteiger partial charge in [0.15, 0.2) is 11.4 Å². The van der Waals surface area contributed by atoms with E-state index in [9.17, 15) is 39.6 Å². The molecular formula is C36H43N3O10. The predicted octanol–water partition coefficient (Wildman–Crippen LogP) is 2.47. The Morgan fingerprint density at radius 2 is 1.80 bits per heavy atom. The van der Waals surface area contributed by atoms with Crippen LogP contribution in [0.2, 0.25) is 0 Å². The minimum absolute atomic E-state index is 0.0353. The van der Waals surface area contributed by atoms with Gasteiger partial charge in [0.2, 0.25) is 5.78 Å². The summed E-state index contributed by atoms with van der Waals surface area (Å²) in [5, 5.41) is 48.8. The van der Waals surface area contributed by atoms with Crippen LogP contribution in [-0.2, 0) is 32.1 Å². The molecule has 1 amide bonds. The van der Waals surface area contributed by atoms with Gasteiger partial charge in [-0.3, -0.25) is 24.1 Å². The Balaban J connectivity index is 1.61. The lowest BCUT2D eigenvalue weighted by atomic mass is 9.58. The molecule has 13 heteroatoms. The highest BCUT2D eigenvalue weighted by Crippen LogP contribution is 2.53. The molecule has 3 aliphatic carbocycles. The summed E-state index contributed by atoms with van der Waals surface area (Å²) in [6, 6.07) is 6.86. The van der Waals surface area contributed by atoms with Crippen molar-refractivity contribution >= 4 is 23.4 Å². The van der Waals surface area contributed by atoms with Crippen molar-refractivity contribution in [1.82, 2.24) is 10.2 Å². The van der Waals surface area contributed by atoms with Crippen LogP contribution in [-0.4, -0.2) is 94.3 Å². The number of allylic oxidation sites excluding steroid dienone is 1. The maximum Gasteiger partial charge on any atom is 0.323 e. The minimum Gasteiger partial charge on any atom is -0.510 e. The monoisotopic (exact) mass is 677 g/mol. The second-order valence-electron chi connectivity index (χ2n) is 13.3. The summed E-state index contributed by atoms with van der Waals surface area (Å²) in [6.07, 6.45) is 0.0780. The Labute approximate surface area is 284 Å². The number of esters is 1. The number of nitrogens with two attached hydrogens (primary N) is 1. The Bertz CT molecular complexity index is 1790. The molecular weight excluding hydrogens is 634 g/mol. The number of ketones is 2. The molecule has 0 aliphatic heterocycles. The molecule has 2 unspecified atom stereocenters. The molecule has 0 radical (unpaired) electrons. The maximum absolute atomic E-state index is 14.2. The van der Waals surface area contributed by atoms with Crippen molar-refractivity contribution in [2.45, 2.75) is 57.8 Å². The van der Waals surface area contributed by atoms with E-state index < -0.39 is 64.1 Å². The zero-order valence-electron chi connectivity index (χ0n) is 28.4. The zero-order chi connectivity index (χ0) is 36.1. The first-order valence-electron chi connectivity index (χ1n) is 16.2. The maximum atomic E-state index is 14.2. The number of nitrogens with one attached hydrogen (secondary N) is 1. The second kappa shape index (κ2) is 13.3. The average Bonchev–Trinajstić information content (AvgIpc) is 3.02. The van der Waals surface area contributed by atoms with E-state index in [1.54, 1.807) is 33.2 Å². The third-order valence-corrected chi connectivity index (χ3v) is 9.89. The van der Waals surface area contributed by atoms with Crippen molar-refractivity contribution in [3.05, 3.63) is 69.7 Å². The zero-order valence-corrected chi connectivity index (χ0v) is 28.4. The van der Waals surface area contributed by atoms with Crippen LogP contribution < -0.4 is 15.8 Å². The summed E-state index contributed by atoms with van der Waals surface area (Å²) >= 11 is 0. The number of likely N-dealkylation sites (N-methyl/N-ethyl adjacent to an activating group) is 1. The Morgan fingerprint density at radius 1 is 1.10 bits per heavy atom. The number of phenols is 1. The first-order chi connectivity index (χ1) is 23.1. The van der Waals surface area contributed by atoms with Gasteiger partial charge < -0.3 is 41.0 Å². The average molecular weight is 678 g/mol. The number of hydrogen-bond acceptors (Lipinski definition) is 12. The summed E-state index contributed by atoms with van der Waals surface area (Å²) in [4.78, 5) is 54.1. The number of ether oxygens (including phenoxy) is 2. The number of phenolic OH excluding ortho intramolecular Hbond substituents is 1. The third kappa shape index (κ3) is 5.75. The molecule has 0 spiro atoms. The number of nitrogens with zero attached hydrogens (tertiary/aromatic N) is 1. The fourth-order valence-electron chi connectivity index (χ4n) is 7.63. The molecule has 0 saturated heterocycles. The number of rotatable bonds is 10. The number of aromatic hydroxyl groups is 1. The highest BCUT2D eigenvalue weighted by Gasteiger charge is 2.63. The number of aliphatic hydroxyl groups is 3. The van der Waals surface area contributed by atoms with Crippen LogP contribution in [0.5, 0.6) is 11.5 Å². The third-order valence-electron chi connectivity index (χ3n) is 9.89. The van der Waals surface area contributed by atoms with Gasteiger partial charge in [0, 0.05) is 23.6 Å². The van der Waals surface area contributed by atoms with E-state index in [4.69, 9.17) is 15.2 Å². The smallest absolute Gasteiger partial charge is 0.323 e. The van der Waals surface area contributed by atoms with E-state index >= 15 is 0 Å². The highest BCUT2D eigenvalue weighted by atomic mass is 16.5. The molecule has 0 bridgehead atoms. The molecule has 3 aliphatic rings. The van der Waals surface area contributed by atoms with Crippen molar-refractivity contribution in [2.75, 3.05) is 27.8 Å². The topological polar surface area (TPSA) is 209 Å². The van der Waals surface area contributed by atoms with E-state index in [1.807, 2.05) is 26.0 Å². The van der Waals surface area contributed by atoms with E-state index in [-0.39, 0.29) is 48.2 Å². The quantitative estimate of drug-likeness (QED) is 0.158. The number of hydrogen-bond donors (Lipinski definition) is 6. The number of amides is 1. The van der Waals surface area contributed by atoms with Crippen molar-refractivity contribution < 1.29 is 49.1 Å². The van der Waals surface area contributed by atoms with Crippen LogP contribution in [0.25, 0.3) is 11.1 Å². The number of carbonyl (C=O) groups excluding carboxylic acids is 4. The second-order valence-corrected chi connectivity index (χ2v) is 13.3. The normalized spacial score (nSPS) is 24.1. The van der Waals surface area contributed by atoms with Gasteiger partial charge in [-0.1, -0.05) is 26.0 Å². The number of benzene rings is 2. The molecule has 0 saturated carbocycles. The molecule has 2 aromatic rings. The first-order valence-corrected chi connectivity index (χ1v) is 16.2. The van der Waals surface area contributed by atoms with Gasteiger partial charge in [-0.05, 0) is 80.6 Å². The summed E-state index contributed by atoms with van der Waals surface area (Å²) < 4.78 is 10.9. The van der Waals surface area contributed by atoms with Crippen molar-refractivity contribution in [1.29, 1.82) is 0 Å². The highest BCUT2D eigenvalue weighted by molar-refractivity contribution is 6.25. The van der Waals surface area contributed by atoms with Gasteiger partial charge in [-0.15, -0.1) is 0 Å². The van der Waals surface area contributed by atoms with Crippen LogP contribution in [0.4, 0.5) is 0 Å². The van der Waals surface area contributed by atoms with Crippen molar-refractivity contribution in [2.24, 2.45) is 23.5 Å². The Morgan fingerprint density at radius 3 is 2.39 bits per heavy atom. The van der Waals surface area contributed by atoms with Crippen LogP contribution in [0.3, 0.4) is 0 Å². The van der Waals surface area contributed by atoms with E-state index in [0.717, 1.165) is 5.56 Å². The summed E-state index contributed by atoms with van der Waals surface area (Å²) in [7, 11) is 4.66. The van der Waals surface area contributed by atoms with E-state index in [0.29, 0.717) is 29.0 Å². The Hall–Kier alpha value is -4.72. The van der Waals surface area contributed by atoms with Crippen LogP contribution in [0.15, 0.2) is 53.0 Å². The van der Waals surface area contributed by atoms with Gasteiger partial charge in [0.25, 0.3) is 5.91 Å². The van der Waals surface area contributed by atoms with Crippen LogP contribution >= 0.6 is 0 Å². The summed E-state index contributed by atoms with van der Waals surface area (Å²) in [5.74, 6) is -7.06. The van der Waals surface area contributed by atoms with E-state index in [1.165, 1.54) is 18.1 Å². The summed E-state index contributed by atoms with van der Waals surface area (Å²) in [6.45, 7) is 6.15. The molecule has 13 nitrogen and oxygen atoms in total. The number of primary amides is 1. The van der Waals surface area contributed by atoms with Crippen molar-refractivity contribution in [3.8, 4) is 22.6 Å². The predicted molar refractivity (Wildman–Crippen MR) is 178 cm³/mol. The molecule has 0 aromatic heterocycles. The Kier molecular flexibility index (Phi) is 9.66. The lowest BCUT2D eigenvalue weighted by Crippen LogP contribution is -2.63. The fourth-order valence-corrected chi connectivity index (χ4v) is 7.63. The summed E-state index contributed by atoms with van der Waals surface area (Å²) in [5.41, 5.74) is 3.95. The number of methoxy groups -OCH3 is 1. The van der Waals surface area contributed by atoms with Gasteiger partial charge in [-0.25, -0.2) is 0 Å². The molecule has 49 heavy (non-hydrogen) atoms. The number of Topliss-reactive ketones (excluding diaryl/α,β-unsaturated/α-hetero) is 2. The first kappa shape index (κ1) is 35.6. The van der Waals surface area contributed by atoms with Crippen LogP contribution in [0.1, 0.15) is 48.7 Å². The van der Waals surface area contributed by atoms with Gasteiger partial charge in [0.1, 0.15) is 34.6 Å². The number of aliphatic hydroxyl groups excluding tert-OH is 2. The fraction of sp³-hybridized carbons (Fsp3) is 0.444. The van der Waals surface area contributed by atoms with Gasteiger partial charge in [-0.2, -0.15) is 0 Å². The molecule has 5 rings (SSSR count). The van der Waals surface area contributed by atoms with Gasteiger partial charge in [0.05, 0.1) is 25.3 Å². The molecule has 5 atom stereocenters.